The Balaban J connectivity index is 2.22. The molecule has 0 spiro atoms. The Morgan fingerprint density at radius 1 is 1.04 bits per heavy atom. The van der Waals surface area contributed by atoms with Crippen LogP contribution in [0.2, 0.25) is 0 Å². The molecule has 0 heterocycles. The molecule has 5 heteroatoms. The summed E-state index contributed by atoms with van der Waals surface area (Å²) < 4.78 is 5.44. The lowest BCUT2D eigenvalue weighted by Crippen LogP contribution is -2.10. The summed E-state index contributed by atoms with van der Waals surface area (Å²) in [6.07, 6.45) is 3.87. The van der Waals surface area contributed by atoms with Gasteiger partial charge in [-0.1, -0.05) is 56.3 Å². The zero-order valence-electron chi connectivity index (χ0n) is 15.5. The Kier molecular flexibility index (Phi) is 7.17. The molecule has 0 aromatic heterocycles. The van der Waals surface area contributed by atoms with Crippen LogP contribution in [0, 0.1) is 0 Å². The van der Waals surface area contributed by atoms with E-state index in [-0.39, 0.29) is 30.9 Å². The van der Waals surface area contributed by atoms with Gasteiger partial charge in [-0.05, 0) is 35.6 Å². The van der Waals surface area contributed by atoms with Crippen molar-refractivity contribution in [2.45, 2.75) is 39.0 Å². The smallest absolute Gasteiger partial charge is 0.311 e. The summed E-state index contributed by atoms with van der Waals surface area (Å²) in [5.74, 6) is -1.14. The van der Waals surface area contributed by atoms with Crippen molar-refractivity contribution >= 4 is 24.1 Å². The minimum absolute atomic E-state index is 0.00861. The third kappa shape index (κ3) is 6.29. The first-order valence-electron chi connectivity index (χ1n) is 8.89. The van der Waals surface area contributed by atoms with Crippen LogP contribution in [0.3, 0.4) is 0 Å². The fourth-order valence-electron chi connectivity index (χ4n) is 2.71. The van der Waals surface area contributed by atoms with E-state index in [9.17, 15) is 14.7 Å². The monoisotopic (exact) mass is 368 g/mol. The number of carbonyl (C=O) groups excluding carboxylic acids is 1. The van der Waals surface area contributed by atoms with Crippen molar-refractivity contribution in [3.63, 3.8) is 0 Å². The molecule has 2 N–H and O–H groups in total. The number of carbonyl (C=O) groups is 2. The molecule has 0 saturated heterocycles. The summed E-state index contributed by atoms with van der Waals surface area (Å²) >= 11 is 0. The molecular weight excluding hydrogens is 344 g/mol. The molecule has 2 aromatic carbocycles. The second-order valence-electron chi connectivity index (χ2n) is 6.57. The molecule has 2 rings (SSSR count). The molecule has 142 valence electrons. The Morgan fingerprint density at radius 2 is 1.70 bits per heavy atom. The molecule has 0 aliphatic carbocycles. The number of carboxylic acids is 1. The normalized spacial score (nSPS) is 11.1. The maximum Gasteiger partial charge on any atom is 0.311 e. The fraction of sp³-hybridized carbons (Fsp3) is 0.273. The van der Waals surface area contributed by atoms with Crippen molar-refractivity contribution in [3.8, 4) is 11.5 Å². The SMILES string of the molecule is CC(C)c1c(O)cc(/C=C/c2ccccc2)cc1OC(=O)CCCC(=O)O. The van der Waals surface area contributed by atoms with Gasteiger partial charge in [0.05, 0.1) is 0 Å². The van der Waals surface area contributed by atoms with Gasteiger partial charge in [-0.2, -0.15) is 0 Å². The largest absolute Gasteiger partial charge is 0.507 e. The van der Waals surface area contributed by atoms with E-state index in [0.29, 0.717) is 16.9 Å². The highest BCUT2D eigenvalue weighted by atomic mass is 16.5. The zero-order valence-corrected chi connectivity index (χ0v) is 15.5. The fourth-order valence-corrected chi connectivity index (χ4v) is 2.71. The van der Waals surface area contributed by atoms with E-state index in [1.165, 1.54) is 0 Å². The van der Waals surface area contributed by atoms with Gasteiger partial charge in [0.15, 0.2) is 0 Å². The first-order chi connectivity index (χ1) is 12.9. The highest BCUT2D eigenvalue weighted by Gasteiger charge is 2.17. The van der Waals surface area contributed by atoms with Crippen LogP contribution in [0.4, 0.5) is 0 Å². The van der Waals surface area contributed by atoms with Gasteiger partial charge in [0.1, 0.15) is 11.5 Å². The van der Waals surface area contributed by atoms with Crippen molar-refractivity contribution in [1.29, 1.82) is 0 Å². The standard InChI is InChI=1S/C22H24O5/c1-15(2)22-18(23)13-17(12-11-16-7-4-3-5-8-16)14-19(22)27-21(26)10-6-9-20(24)25/h3-5,7-8,11-15,23H,6,9-10H2,1-2H3,(H,24,25)/b12-11+. The predicted molar refractivity (Wildman–Crippen MR) is 105 cm³/mol. The number of aliphatic carboxylic acids is 1. The molecule has 0 aliphatic heterocycles. The van der Waals surface area contributed by atoms with Crippen LogP contribution in [-0.2, 0) is 9.59 Å². The molecule has 0 amide bonds. The number of esters is 1. The molecule has 0 fully saturated rings. The van der Waals surface area contributed by atoms with Gasteiger partial charge < -0.3 is 14.9 Å². The Bertz CT molecular complexity index is 822. The number of phenolic OH excluding ortho intramolecular Hbond substituents is 1. The number of ether oxygens (including phenoxy) is 1. The van der Waals surface area contributed by atoms with Crippen LogP contribution in [0.5, 0.6) is 11.5 Å². The average Bonchev–Trinajstić information content (AvgIpc) is 2.59. The van der Waals surface area contributed by atoms with Gasteiger partial charge >= 0.3 is 11.9 Å². The summed E-state index contributed by atoms with van der Waals surface area (Å²) in [6, 6.07) is 13.1. The number of rotatable bonds is 8. The summed E-state index contributed by atoms with van der Waals surface area (Å²) in [6.45, 7) is 3.80. The topological polar surface area (TPSA) is 83.8 Å². The van der Waals surface area contributed by atoms with Crippen LogP contribution in [0.15, 0.2) is 42.5 Å². The third-order valence-electron chi connectivity index (χ3n) is 3.98. The van der Waals surface area contributed by atoms with Gasteiger partial charge in [0.2, 0.25) is 0 Å². The molecule has 0 aliphatic rings. The zero-order chi connectivity index (χ0) is 19.8. The third-order valence-corrected chi connectivity index (χ3v) is 3.98. The maximum absolute atomic E-state index is 12.1. The molecule has 0 unspecified atom stereocenters. The van der Waals surface area contributed by atoms with Crippen molar-refractivity contribution in [1.82, 2.24) is 0 Å². The van der Waals surface area contributed by atoms with Gasteiger partial charge in [-0.15, -0.1) is 0 Å². The average molecular weight is 368 g/mol. The molecule has 0 bridgehead atoms. The van der Waals surface area contributed by atoms with E-state index in [2.05, 4.69) is 0 Å². The Labute approximate surface area is 158 Å². The number of carboxylic acid groups (broad SMARTS) is 1. The Hall–Kier alpha value is -3.08. The number of benzene rings is 2. The highest BCUT2D eigenvalue weighted by molar-refractivity contribution is 5.76. The minimum Gasteiger partial charge on any atom is -0.507 e. The van der Waals surface area contributed by atoms with E-state index in [1.807, 2.05) is 56.3 Å². The molecule has 5 nitrogen and oxygen atoms in total. The first kappa shape index (κ1) is 20.2. The van der Waals surface area contributed by atoms with E-state index in [4.69, 9.17) is 9.84 Å². The molecule has 0 radical (unpaired) electrons. The summed E-state index contributed by atoms with van der Waals surface area (Å²) in [5, 5.41) is 19.1. The molecular formula is C22H24O5. The summed E-state index contributed by atoms with van der Waals surface area (Å²) in [5.41, 5.74) is 2.27. The lowest BCUT2D eigenvalue weighted by molar-refractivity contribution is -0.137. The molecule has 0 atom stereocenters. The van der Waals surface area contributed by atoms with Gasteiger partial charge in [0.25, 0.3) is 0 Å². The van der Waals surface area contributed by atoms with Crippen LogP contribution < -0.4 is 4.74 Å². The first-order valence-corrected chi connectivity index (χ1v) is 8.89. The van der Waals surface area contributed by atoms with Gasteiger partial charge in [-0.25, -0.2) is 0 Å². The summed E-state index contributed by atoms with van der Waals surface area (Å²) in [7, 11) is 0. The van der Waals surface area contributed by atoms with Crippen molar-refractivity contribution in [2.75, 3.05) is 0 Å². The van der Waals surface area contributed by atoms with Crippen LogP contribution in [0.25, 0.3) is 12.2 Å². The van der Waals surface area contributed by atoms with Gasteiger partial charge in [0, 0.05) is 18.4 Å². The van der Waals surface area contributed by atoms with E-state index in [0.717, 1.165) is 5.56 Å². The molecule has 2 aromatic rings. The van der Waals surface area contributed by atoms with Crippen molar-refractivity contribution < 1.29 is 24.5 Å². The quantitative estimate of drug-likeness (QED) is 0.395. The number of phenols is 1. The van der Waals surface area contributed by atoms with E-state index >= 15 is 0 Å². The summed E-state index contributed by atoms with van der Waals surface area (Å²) in [4.78, 5) is 22.6. The lowest BCUT2D eigenvalue weighted by atomic mass is 9.98. The molecule has 27 heavy (non-hydrogen) atoms. The lowest BCUT2D eigenvalue weighted by Gasteiger charge is -2.15. The number of hydrogen-bond donors (Lipinski definition) is 2. The van der Waals surface area contributed by atoms with E-state index < -0.39 is 11.9 Å². The predicted octanol–water partition coefficient (Wildman–Crippen LogP) is 4.85. The second kappa shape index (κ2) is 9.57. The van der Waals surface area contributed by atoms with Gasteiger partial charge in [-0.3, -0.25) is 9.59 Å². The molecule has 0 saturated carbocycles. The minimum atomic E-state index is -0.948. The van der Waals surface area contributed by atoms with Crippen molar-refractivity contribution in [3.05, 3.63) is 59.2 Å². The maximum atomic E-state index is 12.1. The van der Waals surface area contributed by atoms with Crippen LogP contribution in [0.1, 0.15) is 55.7 Å². The van der Waals surface area contributed by atoms with Crippen LogP contribution in [-0.4, -0.2) is 22.2 Å². The highest BCUT2D eigenvalue weighted by Crippen LogP contribution is 2.36. The van der Waals surface area contributed by atoms with Crippen molar-refractivity contribution in [2.24, 2.45) is 0 Å². The van der Waals surface area contributed by atoms with E-state index in [1.54, 1.807) is 12.1 Å². The van der Waals surface area contributed by atoms with Crippen LogP contribution >= 0.6 is 0 Å². The Morgan fingerprint density at radius 3 is 2.33 bits per heavy atom. The number of hydrogen-bond acceptors (Lipinski definition) is 4. The second-order valence-corrected chi connectivity index (χ2v) is 6.57. The number of aromatic hydroxyl groups is 1.